The van der Waals surface area contributed by atoms with Crippen LogP contribution in [0.4, 0.5) is 0 Å². The standard InChI is InChI=1S/C17H13N7OS/c1-23-13-6-3-2-5-12(13)20-15(23)11(9-18)14(25)10-26-17-21-16-19-7-4-8-24(16)22-17/h2-8,25H,10H2,1H3/b14-11+. The Kier molecular flexibility index (Phi) is 4.02. The van der Waals surface area contributed by atoms with Crippen molar-refractivity contribution >= 4 is 34.1 Å². The fourth-order valence-electron chi connectivity index (χ4n) is 2.59. The van der Waals surface area contributed by atoms with Crippen molar-refractivity contribution in [1.29, 1.82) is 5.26 Å². The molecule has 128 valence electrons. The van der Waals surface area contributed by atoms with Crippen LogP contribution in [0.3, 0.4) is 0 Å². The van der Waals surface area contributed by atoms with Gasteiger partial charge in [0.15, 0.2) is 5.82 Å². The van der Waals surface area contributed by atoms with Gasteiger partial charge >= 0.3 is 0 Å². The molecule has 4 rings (SSSR count). The van der Waals surface area contributed by atoms with E-state index in [-0.39, 0.29) is 17.1 Å². The highest BCUT2D eigenvalue weighted by molar-refractivity contribution is 7.99. The number of aliphatic hydroxyl groups is 1. The average Bonchev–Trinajstić information content (AvgIpc) is 3.22. The van der Waals surface area contributed by atoms with Crippen molar-refractivity contribution in [2.45, 2.75) is 5.16 Å². The summed E-state index contributed by atoms with van der Waals surface area (Å²) in [6.07, 6.45) is 3.38. The highest BCUT2D eigenvalue weighted by Crippen LogP contribution is 2.24. The van der Waals surface area contributed by atoms with Crippen LogP contribution in [0.15, 0.2) is 53.6 Å². The van der Waals surface area contributed by atoms with Gasteiger partial charge in [0.05, 0.1) is 16.8 Å². The third-order valence-corrected chi connectivity index (χ3v) is 4.70. The van der Waals surface area contributed by atoms with Gasteiger partial charge in [-0.2, -0.15) is 10.2 Å². The molecule has 1 N–H and O–H groups in total. The Morgan fingerprint density at radius 3 is 2.88 bits per heavy atom. The summed E-state index contributed by atoms with van der Waals surface area (Å²) in [6.45, 7) is 0. The Morgan fingerprint density at radius 2 is 2.12 bits per heavy atom. The predicted octanol–water partition coefficient (Wildman–Crippen LogP) is 2.60. The van der Waals surface area contributed by atoms with Crippen LogP contribution in [0.5, 0.6) is 0 Å². The highest BCUT2D eigenvalue weighted by atomic mass is 32.2. The molecule has 3 aromatic heterocycles. The minimum Gasteiger partial charge on any atom is -0.510 e. The molecule has 1 aromatic carbocycles. The Morgan fingerprint density at radius 1 is 1.27 bits per heavy atom. The molecule has 0 fully saturated rings. The van der Waals surface area contributed by atoms with E-state index in [1.54, 1.807) is 27.5 Å². The van der Waals surface area contributed by atoms with Gasteiger partial charge in [-0.15, -0.1) is 5.10 Å². The van der Waals surface area contributed by atoms with Crippen molar-refractivity contribution in [3.8, 4) is 6.07 Å². The largest absolute Gasteiger partial charge is 0.510 e. The maximum Gasteiger partial charge on any atom is 0.253 e. The monoisotopic (exact) mass is 363 g/mol. The molecule has 9 heteroatoms. The van der Waals surface area contributed by atoms with Gasteiger partial charge in [0.2, 0.25) is 5.16 Å². The van der Waals surface area contributed by atoms with E-state index in [1.807, 2.05) is 31.3 Å². The van der Waals surface area contributed by atoms with Gasteiger partial charge in [-0.05, 0) is 18.2 Å². The van der Waals surface area contributed by atoms with E-state index >= 15 is 0 Å². The quantitative estimate of drug-likeness (QED) is 0.337. The van der Waals surface area contributed by atoms with Crippen molar-refractivity contribution in [2.75, 3.05) is 5.75 Å². The van der Waals surface area contributed by atoms with Gasteiger partial charge in [0, 0.05) is 19.4 Å². The summed E-state index contributed by atoms with van der Waals surface area (Å²) in [7, 11) is 1.82. The number of aryl methyl sites for hydroxylation is 1. The number of hydrogen-bond acceptors (Lipinski definition) is 7. The number of allylic oxidation sites excluding steroid dienone is 1. The molecule has 0 unspecified atom stereocenters. The van der Waals surface area contributed by atoms with Crippen LogP contribution in [0.25, 0.3) is 22.4 Å². The fraction of sp³-hybridized carbons (Fsp3) is 0.118. The van der Waals surface area contributed by atoms with Crippen molar-refractivity contribution < 1.29 is 5.11 Å². The van der Waals surface area contributed by atoms with Gasteiger partial charge in [-0.3, -0.25) is 0 Å². The maximum absolute atomic E-state index is 10.5. The molecule has 0 atom stereocenters. The number of para-hydroxylation sites is 2. The summed E-state index contributed by atoms with van der Waals surface area (Å²) in [5.74, 6) is 0.997. The summed E-state index contributed by atoms with van der Waals surface area (Å²) < 4.78 is 3.35. The molecule has 0 bridgehead atoms. The molecule has 0 aliphatic heterocycles. The first-order valence-corrected chi connectivity index (χ1v) is 8.70. The number of nitriles is 1. The molecule has 0 spiro atoms. The lowest BCUT2D eigenvalue weighted by Crippen LogP contribution is -2.01. The lowest BCUT2D eigenvalue weighted by atomic mass is 10.2. The zero-order valence-corrected chi connectivity index (χ0v) is 14.6. The zero-order chi connectivity index (χ0) is 18.1. The number of imidazole rings is 1. The number of thioether (sulfide) groups is 1. The van der Waals surface area contributed by atoms with Crippen LogP contribution in [-0.4, -0.2) is 40.0 Å². The van der Waals surface area contributed by atoms with E-state index in [4.69, 9.17) is 0 Å². The van der Waals surface area contributed by atoms with Crippen LogP contribution in [0, 0.1) is 11.3 Å². The summed E-state index contributed by atoms with van der Waals surface area (Å²) in [6, 6.07) is 11.4. The van der Waals surface area contributed by atoms with Crippen molar-refractivity contribution in [3.63, 3.8) is 0 Å². The van der Waals surface area contributed by atoms with Gasteiger partial charge in [0.25, 0.3) is 5.78 Å². The minimum atomic E-state index is -0.0669. The summed E-state index contributed by atoms with van der Waals surface area (Å²) in [4.78, 5) is 12.8. The first-order chi connectivity index (χ1) is 12.7. The first-order valence-electron chi connectivity index (χ1n) is 7.71. The van der Waals surface area contributed by atoms with Gasteiger partial charge in [0.1, 0.15) is 17.4 Å². The molecule has 4 aromatic rings. The lowest BCUT2D eigenvalue weighted by Gasteiger charge is -2.04. The molecule has 0 radical (unpaired) electrons. The molecule has 0 amide bonds. The van der Waals surface area contributed by atoms with Crippen LogP contribution in [-0.2, 0) is 7.05 Å². The van der Waals surface area contributed by atoms with Gasteiger partial charge < -0.3 is 9.67 Å². The summed E-state index contributed by atoms with van der Waals surface area (Å²) in [5, 5.41) is 24.7. The number of rotatable bonds is 4. The minimum absolute atomic E-state index is 0.0669. The van der Waals surface area contributed by atoms with Crippen LogP contribution >= 0.6 is 11.8 Å². The van der Waals surface area contributed by atoms with Gasteiger partial charge in [-0.1, -0.05) is 23.9 Å². The average molecular weight is 363 g/mol. The van der Waals surface area contributed by atoms with Crippen LogP contribution in [0.2, 0.25) is 0 Å². The van der Waals surface area contributed by atoms with Crippen molar-refractivity contribution in [2.24, 2.45) is 7.05 Å². The lowest BCUT2D eigenvalue weighted by molar-refractivity contribution is 0.420. The Bertz CT molecular complexity index is 1150. The van der Waals surface area contributed by atoms with E-state index in [0.717, 1.165) is 11.0 Å². The smallest absolute Gasteiger partial charge is 0.253 e. The third kappa shape index (κ3) is 2.76. The molecular weight excluding hydrogens is 350 g/mol. The Labute approximate surface area is 152 Å². The van der Waals surface area contributed by atoms with Crippen LogP contribution in [0.1, 0.15) is 5.82 Å². The van der Waals surface area contributed by atoms with E-state index < -0.39 is 0 Å². The highest BCUT2D eigenvalue weighted by Gasteiger charge is 2.17. The summed E-state index contributed by atoms with van der Waals surface area (Å²) in [5.41, 5.74) is 1.80. The van der Waals surface area contributed by atoms with Crippen LogP contribution < -0.4 is 0 Å². The Hall–Kier alpha value is -3.38. The molecule has 0 aliphatic rings. The topological polar surface area (TPSA) is 105 Å². The number of benzene rings is 1. The van der Waals surface area contributed by atoms with Crippen molar-refractivity contribution in [3.05, 3.63) is 54.3 Å². The maximum atomic E-state index is 10.5. The molecule has 0 saturated carbocycles. The van der Waals surface area contributed by atoms with E-state index in [1.165, 1.54) is 11.8 Å². The number of hydrogen-bond donors (Lipinski definition) is 1. The fourth-order valence-corrected chi connectivity index (χ4v) is 3.29. The second-order valence-electron chi connectivity index (χ2n) is 5.46. The summed E-state index contributed by atoms with van der Waals surface area (Å²) >= 11 is 1.23. The first kappa shape index (κ1) is 16.1. The van der Waals surface area contributed by atoms with Crippen molar-refractivity contribution in [1.82, 2.24) is 29.1 Å². The molecular formula is C17H13N7OS. The second kappa shape index (κ2) is 6.50. The normalized spacial score (nSPS) is 12.3. The molecule has 0 aliphatic carbocycles. The molecule has 0 saturated heterocycles. The number of aromatic nitrogens is 6. The van der Waals surface area contributed by atoms with Gasteiger partial charge in [-0.25, -0.2) is 14.5 Å². The predicted molar refractivity (Wildman–Crippen MR) is 97.4 cm³/mol. The zero-order valence-electron chi connectivity index (χ0n) is 13.7. The van der Waals surface area contributed by atoms with E-state index in [9.17, 15) is 10.4 Å². The number of fused-ring (bicyclic) bond motifs is 2. The molecule has 26 heavy (non-hydrogen) atoms. The van der Waals surface area contributed by atoms with E-state index in [0.29, 0.717) is 16.8 Å². The third-order valence-electron chi connectivity index (χ3n) is 3.85. The Balaban J connectivity index is 1.64. The molecule has 8 nitrogen and oxygen atoms in total. The van der Waals surface area contributed by atoms with E-state index in [2.05, 4.69) is 26.1 Å². The second-order valence-corrected chi connectivity index (χ2v) is 6.41. The number of aliphatic hydroxyl groups excluding tert-OH is 1. The number of nitrogens with zero attached hydrogens (tertiary/aromatic N) is 7. The SMILES string of the molecule is Cn1c(/C(C#N)=C(/O)CSc2nc3ncccn3n2)nc2ccccc21. The molecule has 3 heterocycles.